The zero-order valence-electron chi connectivity index (χ0n) is 15.7. The van der Waals surface area contributed by atoms with Gasteiger partial charge in [-0.15, -0.1) is 0 Å². The molecule has 1 atom stereocenters. The normalized spacial score (nSPS) is 16.0. The van der Waals surface area contributed by atoms with Crippen molar-refractivity contribution < 1.29 is 14.7 Å². The fourth-order valence-electron chi connectivity index (χ4n) is 3.22. The number of hydrogen-bond acceptors (Lipinski definition) is 5. The molecule has 2 amide bonds. The summed E-state index contributed by atoms with van der Waals surface area (Å²) >= 11 is 5.93. The second kappa shape index (κ2) is 9.41. The van der Waals surface area contributed by atoms with E-state index in [0.717, 1.165) is 6.42 Å². The van der Waals surface area contributed by atoms with Crippen LogP contribution < -0.4 is 10.6 Å². The molecule has 1 saturated heterocycles. The summed E-state index contributed by atoms with van der Waals surface area (Å²) in [7, 11) is 0. The van der Waals surface area contributed by atoms with Crippen LogP contribution in [0.5, 0.6) is 0 Å². The lowest BCUT2D eigenvalue weighted by Crippen LogP contribution is -2.42. The van der Waals surface area contributed by atoms with Gasteiger partial charge in [0.15, 0.2) is 0 Å². The monoisotopic (exact) mass is 412 g/mol. The van der Waals surface area contributed by atoms with Crippen molar-refractivity contribution in [2.75, 3.05) is 30.3 Å². The van der Waals surface area contributed by atoms with Crippen molar-refractivity contribution in [3.63, 3.8) is 0 Å². The van der Waals surface area contributed by atoms with Crippen molar-refractivity contribution in [1.82, 2.24) is 4.90 Å². The first-order valence-corrected chi connectivity index (χ1v) is 9.65. The van der Waals surface area contributed by atoms with Gasteiger partial charge < -0.3 is 20.6 Å². The van der Waals surface area contributed by atoms with E-state index in [2.05, 4.69) is 10.6 Å². The highest BCUT2D eigenvalue weighted by molar-refractivity contribution is 6.31. The number of amides is 2. The SMILES string of the molecule is N#Cc1ccc(Cl)cc1NC(=O)CNc1ccccc1C(=O)N1CCCC(O)C1. The Morgan fingerprint density at radius 3 is 2.79 bits per heavy atom. The van der Waals surface area contributed by atoms with E-state index in [1.54, 1.807) is 35.2 Å². The Morgan fingerprint density at radius 2 is 2.03 bits per heavy atom. The first-order valence-electron chi connectivity index (χ1n) is 9.27. The number of halogens is 1. The number of aliphatic hydroxyl groups excluding tert-OH is 1. The number of piperidine rings is 1. The maximum atomic E-state index is 12.8. The number of para-hydroxylation sites is 1. The summed E-state index contributed by atoms with van der Waals surface area (Å²) in [6, 6.07) is 13.6. The van der Waals surface area contributed by atoms with Crippen molar-refractivity contribution in [1.29, 1.82) is 5.26 Å². The number of nitrogens with one attached hydrogen (secondary N) is 2. The molecule has 1 heterocycles. The van der Waals surface area contributed by atoms with Gasteiger partial charge in [-0.3, -0.25) is 9.59 Å². The molecular weight excluding hydrogens is 392 g/mol. The van der Waals surface area contributed by atoms with E-state index in [9.17, 15) is 14.7 Å². The highest BCUT2D eigenvalue weighted by atomic mass is 35.5. The van der Waals surface area contributed by atoms with E-state index in [1.165, 1.54) is 12.1 Å². The number of carbonyl (C=O) groups excluding carboxylic acids is 2. The molecule has 1 fully saturated rings. The lowest BCUT2D eigenvalue weighted by Gasteiger charge is -2.30. The highest BCUT2D eigenvalue weighted by Gasteiger charge is 2.24. The highest BCUT2D eigenvalue weighted by Crippen LogP contribution is 2.22. The maximum absolute atomic E-state index is 12.8. The Bertz CT molecular complexity index is 957. The minimum Gasteiger partial charge on any atom is -0.391 e. The third-order valence-corrected chi connectivity index (χ3v) is 4.89. The summed E-state index contributed by atoms with van der Waals surface area (Å²) in [6.45, 7) is 0.806. The van der Waals surface area contributed by atoms with Crippen LogP contribution in [0.2, 0.25) is 5.02 Å². The van der Waals surface area contributed by atoms with Crippen LogP contribution in [0.1, 0.15) is 28.8 Å². The molecule has 3 N–H and O–H groups in total. The van der Waals surface area contributed by atoms with Gasteiger partial charge in [-0.1, -0.05) is 23.7 Å². The van der Waals surface area contributed by atoms with Gasteiger partial charge in [0.2, 0.25) is 5.91 Å². The van der Waals surface area contributed by atoms with Gasteiger partial charge in [-0.05, 0) is 43.2 Å². The Morgan fingerprint density at radius 1 is 1.24 bits per heavy atom. The number of likely N-dealkylation sites (tertiary alicyclic amines) is 1. The number of nitriles is 1. The number of benzene rings is 2. The van der Waals surface area contributed by atoms with Crippen LogP contribution >= 0.6 is 11.6 Å². The van der Waals surface area contributed by atoms with Crippen LogP contribution in [0.3, 0.4) is 0 Å². The van der Waals surface area contributed by atoms with Crippen molar-refractivity contribution in [3.05, 3.63) is 58.6 Å². The lowest BCUT2D eigenvalue weighted by atomic mass is 10.1. The Balaban J connectivity index is 1.67. The van der Waals surface area contributed by atoms with Crippen LogP contribution in [0.25, 0.3) is 0 Å². The Hall–Kier alpha value is -3.08. The third kappa shape index (κ3) is 5.25. The average Bonchev–Trinajstić information content (AvgIpc) is 2.72. The van der Waals surface area contributed by atoms with Gasteiger partial charge in [0.05, 0.1) is 29.5 Å². The fraction of sp³-hybridized carbons (Fsp3) is 0.286. The van der Waals surface area contributed by atoms with E-state index < -0.39 is 6.10 Å². The first kappa shape index (κ1) is 20.6. The summed E-state index contributed by atoms with van der Waals surface area (Å²) in [5.41, 5.74) is 1.61. The van der Waals surface area contributed by atoms with Gasteiger partial charge >= 0.3 is 0 Å². The summed E-state index contributed by atoms with van der Waals surface area (Å²) < 4.78 is 0. The molecule has 0 saturated carbocycles. The third-order valence-electron chi connectivity index (χ3n) is 4.66. The standard InChI is InChI=1S/C21H21ClN4O3/c22-15-8-7-14(11-23)19(10-15)25-20(28)12-24-18-6-2-1-5-17(18)21(29)26-9-3-4-16(27)13-26/h1-2,5-8,10,16,24,27H,3-4,9,12-13H2,(H,25,28). The van der Waals surface area contributed by atoms with E-state index in [1.807, 2.05) is 6.07 Å². The molecule has 2 aromatic carbocycles. The molecule has 8 heteroatoms. The van der Waals surface area contributed by atoms with Crippen LogP contribution in [-0.2, 0) is 4.79 Å². The van der Waals surface area contributed by atoms with Gasteiger partial charge in [-0.25, -0.2) is 0 Å². The molecule has 1 aliphatic rings. The largest absolute Gasteiger partial charge is 0.391 e. The van der Waals surface area contributed by atoms with Gasteiger partial charge in [0, 0.05) is 23.8 Å². The molecule has 1 aliphatic heterocycles. The number of anilines is 2. The lowest BCUT2D eigenvalue weighted by molar-refractivity contribution is -0.114. The van der Waals surface area contributed by atoms with Gasteiger partial charge in [0.1, 0.15) is 6.07 Å². The van der Waals surface area contributed by atoms with Gasteiger partial charge in [0.25, 0.3) is 5.91 Å². The molecule has 0 bridgehead atoms. The van der Waals surface area contributed by atoms with Crippen molar-refractivity contribution in [2.45, 2.75) is 18.9 Å². The van der Waals surface area contributed by atoms with E-state index >= 15 is 0 Å². The Labute approximate surface area is 173 Å². The molecule has 1 unspecified atom stereocenters. The molecule has 3 rings (SSSR count). The summed E-state index contributed by atoms with van der Waals surface area (Å²) in [6.07, 6.45) is 0.940. The fourth-order valence-corrected chi connectivity index (χ4v) is 3.39. The molecule has 0 aliphatic carbocycles. The predicted octanol–water partition coefficient (Wildman–Crippen LogP) is 2.86. The van der Waals surface area contributed by atoms with Crippen LogP contribution in [0, 0.1) is 11.3 Å². The molecular formula is C21H21ClN4O3. The number of rotatable bonds is 5. The minimum absolute atomic E-state index is 0.0930. The van der Waals surface area contributed by atoms with Crippen LogP contribution in [-0.4, -0.2) is 47.6 Å². The van der Waals surface area contributed by atoms with Crippen LogP contribution in [0.4, 0.5) is 11.4 Å². The number of nitrogens with zero attached hydrogens (tertiary/aromatic N) is 2. The summed E-state index contributed by atoms with van der Waals surface area (Å²) in [5, 5.41) is 25.0. The Kier molecular flexibility index (Phi) is 6.70. The minimum atomic E-state index is -0.509. The summed E-state index contributed by atoms with van der Waals surface area (Å²) in [4.78, 5) is 26.8. The van der Waals surface area contributed by atoms with Crippen molar-refractivity contribution >= 4 is 34.8 Å². The number of aliphatic hydroxyl groups is 1. The number of hydrogen-bond donors (Lipinski definition) is 3. The number of carbonyl (C=O) groups is 2. The quantitative estimate of drug-likeness (QED) is 0.700. The topological polar surface area (TPSA) is 105 Å². The zero-order valence-corrected chi connectivity index (χ0v) is 16.4. The first-order chi connectivity index (χ1) is 14.0. The maximum Gasteiger partial charge on any atom is 0.256 e. The van der Waals surface area contributed by atoms with Crippen molar-refractivity contribution in [3.8, 4) is 6.07 Å². The molecule has 0 aromatic heterocycles. The molecule has 7 nitrogen and oxygen atoms in total. The second-order valence-electron chi connectivity index (χ2n) is 6.80. The molecule has 2 aromatic rings. The van der Waals surface area contributed by atoms with Crippen molar-refractivity contribution in [2.24, 2.45) is 0 Å². The van der Waals surface area contributed by atoms with E-state index in [-0.39, 0.29) is 18.4 Å². The van der Waals surface area contributed by atoms with Gasteiger partial charge in [-0.2, -0.15) is 5.26 Å². The smallest absolute Gasteiger partial charge is 0.256 e. The van der Waals surface area contributed by atoms with E-state index in [0.29, 0.717) is 47.0 Å². The predicted molar refractivity (Wildman–Crippen MR) is 111 cm³/mol. The zero-order chi connectivity index (χ0) is 20.8. The van der Waals surface area contributed by atoms with Crippen LogP contribution in [0.15, 0.2) is 42.5 Å². The molecule has 29 heavy (non-hydrogen) atoms. The van der Waals surface area contributed by atoms with E-state index in [4.69, 9.17) is 16.9 Å². The summed E-state index contributed by atoms with van der Waals surface area (Å²) in [5.74, 6) is -0.562. The number of β-amino-alcohol motifs (C(OH)–C–C–N with tert-alkyl or cyclic N) is 1. The second-order valence-corrected chi connectivity index (χ2v) is 7.23. The molecule has 150 valence electrons. The molecule has 0 spiro atoms. The molecule has 0 radical (unpaired) electrons. The average molecular weight is 413 g/mol.